The first kappa shape index (κ1) is 12.1. The maximum absolute atomic E-state index is 12.3. The molecule has 96 valence electrons. The highest BCUT2D eigenvalue weighted by molar-refractivity contribution is 9.10. The van der Waals surface area contributed by atoms with Gasteiger partial charge >= 0.3 is 0 Å². The highest BCUT2D eigenvalue weighted by Gasteiger charge is 2.49. The molecule has 4 atom stereocenters. The van der Waals surface area contributed by atoms with Crippen molar-refractivity contribution in [2.75, 3.05) is 5.32 Å². The van der Waals surface area contributed by atoms with E-state index in [1.165, 1.54) is 6.42 Å². The largest absolute Gasteiger partial charge is 0.327 e. The summed E-state index contributed by atoms with van der Waals surface area (Å²) in [7, 11) is 0. The summed E-state index contributed by atoms with van der Waals surface area (Å²) in [5.41, 5.74) is 6.16. The molecular weight excluding hydrogens is 294 g/mol. The predicted molar refractivity (Wildman–Crippen MR) is 72.9 cm³/mol. The van der Waals surface area contributed by atoms with Crippen LogP contribution in [0.1, 0.15) is 19.3 Å². The van der Waals surface area contributed by atoms with E-state index in [-0.39, 0.29) is 17.9 Å². The third kappa shape index (κ3) is 1.95. The second kappa shape index (κ2) is 4.63. The topological polar surface area (TPSA) is 68.0 Å². The fraction of sp³-hybridized carbons (Fsp3) is 0.538. The standard InChI is InChI=1S/C13H16BrN3O/c14-9-2-1-5-16-12(9)17-13(18)10-7-3-4-8(6-7)11(10)15/h1-2,5,7-8,10-11H,3-4,6,15H2,(H,16,17,18). The Morgan fingerprint density at radius 3 is 2.89 bits per heavy atom. The van der Waals surface area contributed by atoms with E-state index in [2.05, 4.69) is 26.2 Å². The highest BCUT2D eigenvalue weighted by Crippen LogP contribution is 2.47. The molecule has 5 heteroatoms. The Balaban J connectivity index is 1.74. The van der Waals surface area contributed by atoms with Crippen molar-refractivity contribution in [1.82, 2.24) is 4.98 Å². The molecule has 4 nitrogen and oxygen atoms in total. The number of hydrogen-bond acceptors (Lipinski definition) is 3. The molecule has 18 heavy (non-hydrogen) atoms. The van der Waals surface area contributed by atoms with Crippen LogP contribution in [-0.4, -0.2) is 16.9 Å². The van der Waals surface area contributed by atoms with Gasteiger partial charge in [-0.1, -0.05) is 0 Å². The number of amides is 1. The fourth-order valence-corrected chi connectivity index (χ4v) is 3.76. The third-order valence-corrected chi connectivity index (χ3v) is 4.92. The van der Waals surface area contributed by atoms with Crippen LogP contribution >= 0.6 is 15.9 Å². The van der Waals surface area contributed by atoms with E-state index in [1.54, 1.807) is 6.20 Å². The van der Waals surface area contributed by atoms with Crippen molar-refractivity contribution in [2.24, 2.45) is 23.5 Å². The predicted octanol–water partition coefficient (Wildman–Crippen LogP) is 2.16. The van der Waals surface area contributed by atoms with Gasteiger partial charge in [0.2, 0.25) is 5.91 Å². The minimum Gasteiger partial charge on any atom is -0.327 e. The summed E-state index contributed by atoms with van der Waals surface area (Å²) in [6.45, 7) is 0. The lowest BCUT2D eigenvalue weighted by molar-refractivity contribution is -0.121. The molecule has 0 radical (unpaired) electrons. The number of nitrogens with one attached hydrogen (secondary N) is 1. The van der Waals surface area contributed by atoms with E-state index in [9.17, 15) is 4.79 Å². The molecular formula is C13H16BrN3O. The van der Waals surface area contributed by atoms with Crippen molar-refractivity contribution in [3.05, 3.63) is 22.8 Å². The molecule has 3 rings (SSSR count). The van der Waals surface area contributed by atoms with Gasteiger partial charge < -0.3 is 11.1 Å². The molecule has 1 aromatic heterocycles. The number of anilines is 1. The lowest BCUT2D eigenvalue weighted by Crippen LogP contribution is -2.42. The van der Waals surface area contributed by atoms with Crippen LogP contribution in [0.15, 0.2) is 22.8 Å². The molecule has 1 amide bonds. The minimum absolute atomic E-state index is 0.0197. The Hall–Kier alpha value is -0.940. The van der Waals surface area contributed by atoms with Gasteiger partial charge in [-0.15, -0.1) is 0 Å². The van der Waals surface area contributed by atoms with Crippen LogP contribution in [0.4, 0.5) is 5.82 Å². The zero-order chi connectivity index (χ0) is 12.7. The summed E-state index contributed by atoms with van der Waals surface area (Å²) in [5, 5.41) is 2.89. The van der Waals surface area contributed by atoms with E-state index in [0.717, 1.165) is 17.3 Å². The summed E-state index contributed by atoms with van der Waals surface area (Å²) < 4.78 is 0.801. The summed E-state index contributed by atoms with van der Waals surface area (Å²) >= 11 is 3.38. The Kier molecular flexibility index (Phi) is 3.11. The van der Waals surface area contributed by atoms with Crippen molar-refractivity contribution in [1.29, 1.82) is 0 Å². The van der Waals surface area contributed by atoms with Crippen LogP contribution in [-0.2, 0) is 4.79 Å². The van der Waals surface area contributed by atoms with Crippen LogP contribution in [0, 0.1) is 17.8 Å². The van der Waals surface area contributed by atoms with E-state index >= 15 is 0 Å². The first-order chi connectivity index (χ1) is 8.66. The van der Waals surface area contributed by atoms with Crippen LogP contribution in [0.3, 0.4) is 0 Å². The Morgan fingerprint density at radius 1 is 1.44 bits per heavy atom. The van der Waals surface area contributed by atoms with Gasteiger partial charge in [0.1, 0.15) is 5.82 Å². The first-order valence-corrected chi connectivity index (χ1v) is 7.13. The number of nitrogens with zero attached hydrogens (tertiary/aromatic N) is 1. The van der Waals surface area contributed by atoms with E-state index in [4.69, 9.17) is 5.73 Å². The van der Waals surface area contributed by atoms with Gasteiger partial charge in [-0.3, -0.25) is 4.79 Å². The molecule has 2 bridgehead atoms. The monoisotopic (exact) mass is 309 g/mol. The summed E-state index contributed by atoms with van der Waals surface area (Å²) in [5.74, 6) is 1.56. The van der Waals surface area contributed by atoms with Crippen molar-refractivity contribution >= 4 is 27.7 Å². The molecule has 0 aromatic carbocycles. The zero-order valence-corrected chi connectivity index (χ0v) is 11.6. The number of carbonyl (C=O) groups is 1. The normalized spacial score (nSPS) is 33.7. The molecule has 0 spiro atoms. The van der Waals surface area contributed by atoms with E-state index in [1.807, 2.05) is 12.1 Å². The van der Waals surface area contributed by atoms with Gasteiger partial charge in [0.05, 0.1) is 10.4 Å². The number of aromatic nitrogens is 1. The quantitative estimate of drug-likeness (QED) is 0.879. The smallest absolute Gasteiger partial charge is 0.230 e. The molecule has 1 aromatic rings. The number of nitrogens with two attached hydrogens (primary N) is 1. The molecule has 3 N–H and O–H groups in total. The van der Waals surface area contributed by atoms with Gasteiger partial charge in [0.25, 0.3) is 0 Å². The molecule has 2 aliphatic rings. The van der Waals surface area contributed by atoms with E-state index in [0.29, 0.717) is 17.7 Å². The molecule has 2 aliphatic carbocycles. The maximum atomic E-state index is 12.3. The summed E-state index contributed by atoms with van der Waals surface area (Å²) in [6.07, 6.45) is 5.10. The van der Waals surface area contributed by atoms with Crippen molar-refractivity contribution in [3.8, 4) is 0 Å². The lowest BCUT2D eigenvalue weighted by Gasteiger charge is -2.26. The molecule has 2 fully saturated rings. The molecule has 1 heterocycles. The zero-order valence-electron chi connectivity index (χ0n) is 9.97. The minimum atomic E-state index is -0.0438. The number of pyridine rings is 1. The lowest BCUT2D eigenvalue weighted by atomic mass is 9.84. The van der Waals surface area contributed by atoms with Crippen LogP contribution in [0.2, 0.25) is 0 Å². The van der Waals surface area contributed by atoms with Crippen LogP contribution in [0.25, 0.3) is 0 Å². The number of rotatable bonds is 2. The van der Waals surface area contributed by atoms with Crippen LogP contribution < -0.4 is 11.1 Å². The van der Waals surface area contributed by atoms with Gasteiger partial charge in [-0.25, -0.2) is 4.98 Å². The average molecular weight is 310 g/mol. The summed E-state index contributed by atoms with van der Waals surface area (Å²) in [4.78, 5) is 16.5. The molecule has 0 aliphatic heterocycles. The van der Waals surface area contributed by atoms with Crippen molar-refractivity contribution in [3.63, 3.8) is 0 Å². The van der Waals surface area contributed by atoms with Gasteiger partial charge in [-0.2, -0.15) is 0 Å². The van der Waals surface area contributed by atoms with E-state index < -0.39 is 0 Å². The van der Waals surface area contributed by atoms with Gasteiger partial charge in [0, 0.05) is 12.2 Å². The van der Waals surface area contributed by atoms with Gasteiger partial charge in [-0.05, 0) is 59.2 Å². The highest BCUT2D eigenvalue weighted by atomic mass is 79.9. The molecule has 4 unspecified atom stereocenters. The second-order valence-electron chi connectivity index (χ2n) is 5.26. The maximum Gasteiger partial charge on any atom is 0.230 e. The van der Waals surface area contributed by atoms with Gasteiger partial charge in [0.15, 0.2) is 0 Å². The second-order valence-corrected chi connectivity index (χ2v) is 6.11. The van der Waals surface area contributed by atoms with Crippen LogP contribution in [0.5, 0.6) is 0 Å². The Bertz CT molecular complexity index is 477. The number of fused-ring (bicyclic) bond motifs is 2. The summed E-state index contributed by atoms with van der Waals surface area (Å²) in [6, 6.07) is 3.71. The first-order valence-electron chi connectivity index (χ1n) is 6.34. The molecule has 2 saturated carbocycles. The number of carbonyl (C=O) groups excluding carboxylic acids is 1. The third-order valence-electron chi connectivity index (χ3n) is 4.28. The van der Waals surface area contributed by atoms with Crippen molar-refractivity contribution < 1.29 is 4.79 Å². The van der Waals surface area contributed by atoms with Crippen molar-refractivity contribution in [2.45, 2.75) is 25.3 Å². The average Bonchev–Trinajstić information content (AvgIpc) is 2.92. The SMILES string of the molecule is NC1C2CCC(C2)C1C(=O)Nc1ncccc1Br. The molecule has 0 saturated heterocycles. The Labute approximate surface area is 114 Å². The number of halogens is 1. The Morgan fingerprint density at radius 2 is 2.22 bits per heavy atom. The fourth-order valence-electron chi connectivity index (χ4n) is 3.40. The number of hydrogen-bond donors (Lipinski definition) is 2.